The maximum atomic E-state index is 7.50. The van der Waals surface area contributed by atoms with Gasteiger partial charge in [-0.3, -0.25) is 0 Å². The van der Waals surface area contributed by atoms with Crippen LogP contribution in [0, 0.1) is 6.92 Å². The van der Waals surface area contributed by atoms with E-state index in [9.17, 15) is 0 Å². The second-order valence-corrected chi connectivity index (χ2v) is 12.3. The molecule has 0 radical (unpaired) electrons. The third kappa shape index (κ3) is 4.09. The van der Waals surface area contributed by atoms with Crippen LogP contribution in [0.25, 0.3) is 28.0 Å². The second-order valence-electron chi connectivity index (χ2n) is 12.3. The summed E-state index contributed by atoms with van der Waals surface area (Å²) >= 11 is 0. The van der Waals surface area contributed by atoms with E-state index < -0.39 is 5.60 Å². The van der Waals surface area contributed by atoms with E-state index in [1.807, 2.05) is 24.3 Å². The molecule has 1 aliphatic carbocycles. The normalized spacial score (nSPS) is 15.3. The van der Waals surface area contributed by atoms with E-state index in [1.54, 1.807) is 14.2 Å². The van der Waals surface area contributed by atoms with E-state index >= 15 is 0 Å². The third-order valence-electron chi connectivity index (χ3n) is 9.78. The Morgan fingerprint density at radius 3 is 1.91 bits per heavy atom. The summed E-state index contributed by atoms with van der Waals surface area (Å²) in [5.41, 5.74) is 9.32. The van der Waals surface area contributed by atoms with Crippen LogP contribution in [0.1, 0.15) is 72.9 Å². The Morgan fingerprint density at radius 1 is 0.705 bits per heavy atom. The van der Waals surface area contributed by atoms with E-state index in [1.165, 1.54) is 38.8 Å². The lowest BCUT2D eigenvalue weighted by molar-refractivity contribution is 0.163. The fraction of sp³-hybridized carbons (Fsp3) is 0.268. The average molecular weight is 581 g/mol. The molecule has 5 aromatic carbocycles. The van der Waals surface area contributed by atoms with E-state index in [2.05, 4.69) is 99.7 Å². The third-order valence-corrected chi connectivity index (χ3v) is 9.78. The van der Waals surface area contributed by atoms with Crippen molar-refractivity contribution >= 4 is 16.8 Å². The van der Waals surface area contributed by atoms with E-state index in [4.69, 9.17) is 14.2 Å². The first-order valence-electron chi connectivity index (χ1n) is 15.9. The first kappa shape index (κ1) is 28.3. The monoisotopic (exact) mass is 580 g/mol. The Balaban J connectivity index is 1.56. The lowest BCUT2D eigenvalue weighted by atomic mass is 9.69. The van der Waals surface area contributed by atoms with Gasteiger partial charge in [-0.25, -0.2) is 0 Å². The van der Waals surface area contributed by atoms with E-state index in [0.29, 0.717) is 0 Å². The number of rotatable bonds is 8. The van der Waals surface area contributed by atoms with Gasteiger partial charge in [-0.15, -0.1) is 0 Å². The molecule has 0 amide bonds. The summed E-state index contributed by atoms with van der Waals surface area (Å²) in [6.07, 6.45) is 9.05. The molecule has 0 saturated heterocycles. The maximum Gasteiger partial charge on any atom is 0.178 e. The molecule has 1 heterocycles. The van der Waals surface area contributed by atoms with E-state index in [0.717, 1.165) is 59.4 Å². The van der Waals surface area contributed by atoms with Crippen LogP contribution in [-0.2, 0) is 11.0 Å². The highest BCUT2D eigenvalue weighted by Gasteiger charge is 2.47. The topological polar surface area (TPSA) is 27.7 Å². The van der Waals surface area contributed by atoms with Crippen LogP contribution >= 0.6 is 0 Å². The zero-order valence-corrected chi connectivity index (χ0v) is 26.4. The van der Waals surface area contributed by atoms with Crippen molar-refractivity contribution in [1.29, 1.82) is 0 Å². The fourth-order valence-electron chi connectivity index (χ4n) is 7.94. The molecule has 0 aromatic heterocycles. The van der Waals surface area contributed by atoms with Gasteiger partial charge in [0.2, 0.25) is 0 Å². The zero-order chi connectivity index (χ0) is 30.5. The molecule has 222 valence electrons. The summed E-state index contributed by atoms with van der Waals surface area (Å²) < 4.78 is 18.5. The lowest BCUT2D eigenvalue weighted by Gasteiger charge is -2.40. The van der Waals surface area contributed by atoms with Crippen LogP contribution in [0.3, 0.4) is 0 Å². The van der Waals surface area contributed by atoms with Crippen molar-refractivity contribution in [1.82, 2.24) is 0 Å². The van der Waals surface area contributed by atoms with Gasteiger partial charge >= 0.3 is 0 Å². The summed E-state index contributed by atoms with van der Waals surface area (Å²) in [5.74, 6) is 2.59. The van der Waals surface area contributed by atoms with E-state index in [-0.39, 0.29) is 5.41 Å². The predicted molar refractivity (Wildman–Crippen MR) is 181 cm³/mol. The van der Waals surface area contributed by atoms with Gasteiger partial charge in [-0.2, -0.15) is 0 Å². The first-order chi connectivity index (χ1) is 21.5. The largest absolute Gasteiger partial charge is 0.497 e. The molecule has 3 nitrogen and oxygen atoms in total. The number of benzene rings is 5. The molecule has 1 aliphatic heterocycles. The standard InChI is InChI=1S/C41H40O3/c1-6-23-40(24-7-2)36-11-9-8-10-33(36)37-35-26-27(3)12-21-32(35)39-34(38(37)40)22-25-41(44-39,28-13-17-30(42-4)18-14-28)29-15-19-31(43-5)20-16-29/h8-22,25-26H,6-7,23-24H2,1-5H3. The maximum absolute atomic E-state index is 7.50. The number of methoxy groups -OCH3 is 2. The molecule has 0 atom stereocenters. The number of fused-ring (bicyclic) bond motifs is 8. The number of ether oxygens (including phenoxy) is 3. The van der Waals surface area contributed by atoms with Gasteiger partial charge < -0.3 is 14.2 Å². The minimum Gasteiger partial charge on any atom is -0.497 e. The average Bonchev–Trinajstić information content (AvgIpc) is 3.35. The molecule has 0 spiro atoms. The van der Waals surface area contributed by atoms with Gasteiger partial charge in [-0.05, 0) is 77.7 Å². The van der Waals surface area contributed by atoms with Crippen molar-refractivity contribution in [2.45, 2.75) is 57.5 Å². The summed E-state index contributed by atoms with van der Waals surface area (Å²) in [7, 11) is 3.40. The van der Waals surface area contributed by atoms with Crippen LogP contribution in [0.4, 0.5) is 0 Å². The zero-order valence-electron chi connectivity index (χ0n) is 26.4. The number of hydrogen-bond acceptors (Lipinski definition) is 3. The van der Waals surface area contributed by atoms with Gasteiger partial charge in [0.25, 0.3) is 0 Å². The Labute approximate surface area is 261 Å². The summed E-state index contributed by atoms with van der Waals surface area (Å²) in [5, 5.41) is 2.42. The van der Waals surface area contributed by atoms with Crippen molar-refractivity contribution in [3.63, 3.8) is 0 Å². The number of hydrogen-bond donors (Lipinski definition) is 0. The van der Waals surface area contributed by atoms with Crippen LogP contribution in [0.15, 0.2) is 97.1 Å². The molecular weight excluding hydrogens is 540 g/mol. The smallest absolute Gasteiger partial charge is 0.178 e. The van der Waals surface area contributed by atoms with Crippen molar-refractivity contribution < 1.29 is 14.2 Å². The van der Waals surface area contributed by atoms with Gasteiger partial charge in [-0.1, -0.05) is 105 Å². The molecule has 0 saturated carbocycles. The minimum atomic E-state index is -0.832. The molecule has 5 aromatic rings. The van der Waals surface area contributed by atoms with Crippen LogP contribution < -0.4 is 14.2 Å². The Morgan fingerprint density at radius 2 is 1.32 bits per heavy atom. The Bertz CT molecular complexity index is 1830. The molecular formula is C41H40O3. The molecule has 2 aliphatic rings. The summed E-state index contributed by atoms with van der Waals surface area (Å²) in [6.45, 7) is 6.83. The SMILES string of the molecule is CCCC1(CCC)c2ccccc2-c2c1c1c(c3ccc(C)cc23)OC(c2ccc(OC)cc2)(c2ccc(OC)cc2)C=C1. The minimum absolute atomic E-state index is 0.0641. The summed E-state index contributed by atoms with van der Waals surface area (Å²) in [6, 6.07) is 32.5. The molecule has 0 bridgehead atoms. The molecule has 7 rings (SSSR count). The number of aryl methyl sites for hydroxylation is 1. The molecule has 0 fully saturated rings. The molecule has 3 heteroatoms. The summed E-state index contributed by atoms with van der Waals surface area (Å²) in [4.78, 5) is 0. The Kier molecular flexibility index (Phi) is 7.00. The van der Waals surface area contributed by atoms with Crippen molar-refractivity contribution in [3.8, 4) is 28.4 Å². The first-order valence-corrected chi connectivity index (χ1v) is 15.9. The van der Waals surface area contributed by atoms with Gasteiger partial charge in [0.1, 0.15) is 17.2 Å². The predicted octanol–water partition coefficient (Wildman–Crippen LogP) is 10.4. The van der Waals surface area contributed by atoms with Crippen LogP contribution in [0.5, 0.6) is 17.2 Å². The highest BCUT2D eigenvalue weighted by Crippen LogP contribution is 2.61. The van der Waals surface area contributed by atoms with Crippen LogP contribution in [0.2, 0.25) is 0 Å². The molecule has 0 N–H and O–H groups in total. The molecule has 44 heavy (non-hydrogen) atoms. The van der Waals surface area contributed by atoms with Gasteiger partial charge in [0.05, 0.1) is 14.2 Å². The fourth-order valence-corrected chi connectivity index (χ4v) is 7.94. The second kappa shape index (κ2) is 10.9. The molecule has 0 unspecified atom stereocenters. The Hall–Kier alpha value is -4.50. The van der Waals surface area contributed by atoms with Gasteiger partial charge in [0.15, 0.2) is 5.60 Å². The van der Waals surface area contributed by atoms with Gasteiger partial charge in [0, 0.05) is 27.5 Å². The highest BCUT2D eigenvalue weighted by molar-refractivity contribution is 6.08. The van der Waals surface area contributed by atoms with Crippen molar-refractivity contribution in [2.24, 2.45) is 0 Å². The van der Waals surface area contributed by atoms with Crippen molar-refractivity contribution in [3.05, 3.63) is 130 Å². The lowest BCUT2D eigenvalue weighted by Crippen LogP contribution is -2.35. The van der Waals surface area contributed by atoms with Crippen molar-refractivity contribution in [2.75, 3.05) is 14.2 Å². The van der Waals surface area contributed by atoms with Crippen LogP contribution in [-0.4, -0.2) is 14.2 Å². The highest BCUT2D eigenvalue weighted by atomic mass is 16.5. The quantitative estimate of drug-likeness (QED) is 0.183.